The summed E-state index contributed by atoms with van der Waals surface area (Å²) in [6, 6.07) is 7.47. The van der Waals surface area contributed by atoms with Gasteiger partial charge >= 0.3 is 0 Å². The number of carbonyl (C=O) groups is 1. The van der Waals surface area contributed by atoms with E-state index in [2.05, 4.69) is 0 Å². The Morgan fingerprint density at radius 1 is 1.40 bits per heavy atom. The summed E-state index contributed by atoms with van der Waals surface area (Å²) in [7, 11) is 0. The highest BCUT2D eigenvalue weighted by atomic mass is 16.2. The summed E-state index contributed by atoms with van der Waals surface area (Å²) in [4.78, 5) is 13.7. The van der Waals surface area contributed by atoms with Crippen molar-refractivity contribution in [2.75, 3.05) is 17.2 Å². The highest BCUT2D eigenvalue weighted by molar-refractivity contribution is 5.96. The molecule has 1 saturated carbocycles. The van der Waals surface area contributed by atoms with Gasteiger partial charge in [-0.1, -0.05) is 0 Å². The number of anilines is 2. The largest absolute Gasteiger partial charge is 0.399 e. The third-order valence-corrected chi connectivity index (χ3v) is 2.71. The van der Waals surface area contributed by atoms with Crippen molar-refractivity contribution in [1.29, 1.82) is 0 Å². The van der Waals surface area contributed by atoms with Crippen molar-refractivity contribution >= 4 is 17.3 Å². The van der Waals surface area contributed by atoms with Gasteiger partial charge in [-0.25, -0.2) is 0 Å². The molecule has 0 saturated heterocycles. The van der Waals surface area contributed by atoms with Gasteiger partial charge in [-0.15, -0.1) is 0 Å². The number of hydrogen-bond acceptors (Lipinski definition) is 2. The van der Waals surface area contributed by atoms with E-state index in [1.165, 1.54) is 0 Å². The van der Waals surface area contributed by atoms with Gasteiger partial charge in [-0.05, 0) is 44.0 Å². The zero-order valence-corrected chi connectivity index (χ0v) is 8.94. The normalized spacial score (nSPS) is 15.0. The Labute approximate surface area is 89.9 Å². The average Bonchev–Trinajstić information content (AvgIpc) is 3.05. The summed E-state index contributed by atoms with van der Waals surface area (Å²) in [5.41, 5.74) is 7.29. The van der Waals surface area contributed by atoms with E-state index in [0.29, 0.717) is 0 Å². The summed E-state index contributed by atoms with van der Waals surface area (Å²) in [5.74, 6) is 0.518. The molecule has 0 heterocycles. The molecule has 3 heteroatoms. The van der Waals surface area contributed by atoms with Crippen molar-refractivity contribution in [3.8, 4) is 0 Å². The Kier molecular flexibility index (Phi) is 2.62. The van der Waals surface area contributed by atoms with Gasteiger partial charge in [-0.2, -0.15) is 0 Å². The quantitative estimate of drug-likeness (QED) is 0.766. The minimum atomic E-state index is 0.252. The predicted octanol–water partition coefficient (Wildman–Crippen LogP) is 2.03. The van der Waals surface area contributed by atoms with E-state index in [0.717, 1.165) is 30.8 Å². The second kappa shape index (κ2) is 3.93. The molecule has 15 heavy (non-hydrogen) atoms. The SMILES string of the molecule is CCN(C(=O)C1CC1)c1ccc(N)cc1. The monoisotopic (exact) mass is 204 g/mol. The first-order chi connectivity index (χ1) is 7.22. The third kappa shape index (κ3) is 2.12. The molecular formula is C12H16N2O. The minimum Gasteiger partial charge on any atom is -0.399 e. The van der Waals surface area contributed by atoms with Crippen LogP contribution in [0.25, 0.3) is 0 Å². The first-order valence-electron chi connectivity index (χ1n) is 5.39. The van der Waals surface area contributed by atoms with Crippen LogP contribution in [0.15, 0.2) is 24.3 Å². The molecule has 2 rings (SSSR count). The predicted molar refractivity (Wildman–Crippen MR) is 61.6 cm³/mol. The molecule has 1 aromatic rings. The van der Waals surface area contributed by atoms with E-state index in [-0.39, 0.29) is 11.8 Å². The number of nitrogens with zero attached hydrogens (tertiary/aromatic N) is 1. The van der Waals surface area contributed by atoms with Crippen LogP contribution in [0.4, 0.5) is 11.4 Å². The molecule has 1 aromatic carbocycles. The first kappa shape index (κ1) is 10.0. The Bertz CT molecular complexity index is 354. The van der Waals surface area contributed by atoms with Crippen LogP contribution in [0.1, 0.15) is 19.8 Å². The van der Waals surface area contributed by atoms with Crippen LogP contribution < -0.4 is 10.6 Å². The lowest BCUT2D eigenvalue weighted by molar-refractivity contribution is -0.119. The summed E-state index contributed by atoms with van der Waals surface area (Å²) < 4.78 is 0. The molecule has 1 fully saturated rings. The number of nitrogens with two attached hydrogens (primary N) is 1. The molecule has 80 valence electrons. The number of benzene rings is 1. The Hall–Kier alpha value is -1.51. The van der Waals surface area contributed by atoms with Crippen LogP contribution in [0.5, 0.6) is 0 Å². The second-order valence-corrected chi connectivity index (χ2v) is 3.95. The van der Waals surface area contributed by atoms with Crippen molar-refractivity contribution in [1.82, 2.24) is 0 Å². The average molecular weight is 204 g/mol. The Balaban J connectivity index is 2.18. The van der Waals surface area contributed by atoms with Gasteiger partial charge in [0.15, 0.2) is 0 Å². The molecular weight excluding hydrogens is 188 g/mol. The zero-order valence-electron chi connectivity index (χ0n) is 8.94. The van der Waals surface area contributed by atoms with E-state index >= 15 is 0 Å². The maximum atomic E-state index is 11.9. The van der Waals surface area contributed by atoms with E-state index in [1.807, 2.05) is 36.1 Å². The van der Waals surface area contributed by atoms with E-state index in [1.54, 1.807) is 0 Å². The van der Waals surface area contributed by atoms with Crippen LogP contribution in [0.3, 0.4) is 0 Å². The highest BCUT2D eigenvalue weighted by Gasteiger charge is 2.33. The van der Waals surface area contributed by atoms with Gasteiger partial charge in [0.1, 0.15) is 0 Å². The summed E-state index contributed by atoms with van der Waals surface area (Å²) >= 11 is 0. The van der Waals surface area contributed by atoms with Crippen LogP contribution in [-0.4, -0.2) is 12.5 Å². The van der Waals surface area contributed by atoms with Gasteiger partial charge in [0.05, 0.1) is 0 Å². The van der Waals surface area contributed by atoms with Crippen molar-refractivity contribution in [3.05, 3.63) is 24.3 Å². The molecule has 1 aliphatic rings. The second-order valence-electron chi connectivity index (χ2n) is 3.95. The topological polar surface area (TPSA) is 46.3 Å². The summed E-state index contributed by atoms with van der Waals surface area (Å²) in [6.45, 7) is 2.72. The van der Waals surface area contributed by atoms with Crippen LogP contribution >= 0.6 is 0 Å². The smallest absolute Gasteiger partial charge is 0.230 e. The molecule has 0 radical (unpaired) electrons. The highest BCUT2D eigenvalue weighted by Crippen LogP contribution is 2.32. The minimum absolute atomic E-state index is 0.252. The number of carbonyl (C=O) groups excluding carboxylic acids is 1. The molecule has 3 nitrogen and oxygen atoms in total. The number of nitrogen functional groups attached to an aromatic ring is 1. The van der Waals surface area contributed by atoms with Crippen LogP contribution in [0, 0.1) is 5.92 Å². The maximum absolute atomic E-state index is 11.9. The molecule has 2 N–H and O–H groups in total. The molecule has 1 aliphatic carbocycles. The number of rotatable bonds is 3. The molecule has 1 amide bonds. The summed E-state index contributed by atoms with van der Waals surface area (Å²) in [5, 5.41) is 0. The standard InChI is InChI=1S/C12H16N2O/c1-2-14(12(15)9-3-4-9)11-7-5-10(13)6-8-11/h5-9H,2-4,13H2,1H3. The molecule has 0 aliphatic heterocycles. The first-order valence-corrected chi connectivity index (χ1v) is 5.39. The van der Waals surface area contributed by atoms with Crippen molar-refractivity contribution in [2.45, 2.75) is 19.8 Å². The van der Waals surface area contributed by atoms with Gasteiger partial charge in [0.25, 0.3) is 0 Å². The lowest BCUT2D eigenvalue weighted by Crippen LogP contribution is -2.31. The van der Waals surface area contributed by atoms with Crippen molar-refractivity contribution in [3.63, 3.8) is 0 Å². The molecule has 0 bridgehead atoms. The van der Waals surface area contributed by atoms with Gasteiger partial charge in [-0.3, -0.25) is 4.79 Å². The van der Waals surface area contributed by atoms with Crippen LogP contribution in [0.2, 0.25) is 0 Å². The van der Waals surface area contributed by atoms with Gasteiger partial charge < -0.3 is 10.6 Å². The lowest BCUT2D eigenvalue weighted by atomic mass is 10.2. The fourth-order valence-corrected chi connectivity index (χ4v) is 1.67. The van der Waals surface area contributed by atoms with Crippen LogP contribution in [-0.2, 0) is 4.79 Å². The fraction of sp³-hybridized carbons (Fsp3) is 0.417. The maximum Gasteiger partial charge on any atom is 0.230 e. The van der Waals surface area contributed by atoms with Gasteiger partial charge in [0.2, 0.25) is 5.91 Å². The van der Waals surface area contributed by atoms with Crippen molar-refractivity contribution in [2.24, 2.45) is 5.92 Å². The number of hydrogen-bond donors (Lipinski definition) is 1. The van der Waals surface area contributed by atoms with Crippen molar-refractivity contribution < 1.29 is 4.79 Å². The van der Waals surface area contributed by atoms with E-state index in [4.69, 9.17) is 5.73 Å². The summed E-state index contributed by atoms with van der Waals surface area (Å²) in [6.07, 6.45) is 2.09. The molecule has 0 atom stereocenters. The number of amides is 1. The third-order valence-electron chi connectivity index (χ3n) is 2.71. The lowest BCUT2D eigenvalue weighted by Gasteiger charge is -2.21. The molecule has 0 spiro atoms. The Morgan fingerprint density at radius 3 is 2.47 bits per heavy atom. The fourth-order valence-electron chi connectivity index (χ4n) is 1.67. The zero-order chi connectivity index (χ0) is 10.8. The van der Waals surface area contributed by atoms with E-state index in [9.17, 15) is 4.79 Å². The molecule has 0 aromatic heterocycles. The molecule has 0 unspecified atom stereocenters. The Morgan fingerprint density at radius 2 is 2.00 bits per heavy atom. The van der Waals surface area contributed by atoms with E-state index < -0.39 is 0 Å². The van der Waals surface area contributed by atoms with Gasteiger partial charge in [0, 0.05) is 23.8 Å².